The molecular weight excluding hydrogens is 254 g/mol. The zero-order chi connectivity index (χ0) is 14.1. The number of rotatable bonds is 3. The Hall–Kier alpha value is -2.69. The van der Waals surface area contributed by atoms with Crippen molar-refractivity contribution in [3.63, 3.8) is 0 Å². The van der Waals surface area contributed by atoms with Crippen LogP contribution in [0, 0.1) is 0 Å². The maximum absolute atomic E-state index is 12.6. The van der Waals surface area contributed by atoms with Crippen LogP contribution >= 0.6 is 0 Å². The highest BCUT2D eigenvalue weighted by atomic mass is 16.3. The minimum atomic E-state index is -0.111. The van der Waals surface area contributed by atoms with E-state index in [4.69, 9.17) is 0 Å². The number of aromatic hydroxyl groups is 1. The van der Waals surface area contributed by atoms with Crippen molar-refractivity contribution < 1.29 is 9.90 Å². The Morgan fingerprint density at radius 2 is 2.05 bits per heavy atom. The predicted octanol–water partition coefficient (Wildman–Crippen LogP) is 2.23. The molecule has 2 heterocycles. The molecule has 2 aromatic heterocycles. The van der Waals surface area contributed by atoms with E-state index in [0.29, 0.717) is 23.3 Å². The number of nitrogens with zero attached hydrogens (tertiary/aromatic N) is 3. The molecule has 0 saturated heterocycles. The van der Waals surface area contributed by atoms with E-state index in [0.717, 1.165) is 5.69 Å². The summed E-state index contributed by atoms with van der Waals surface area (Å²) in [6.07, 6.45) is 5.66. The van der Waals surface area contributed by atoms with Gasteiger partial charge in [0.25, 0.3) is 0 Å². The summed E-state index contributed by atoms with van der Waals surface area (Å²) in [5.74, 6) is 0.0279. The van der Waals surface area contributed by atoms with E-state index < -0.39 is 0 Å². The van der Waals surface area contributed by atoms with E-state index in [1.807, 2.05) is 6.92 Å². The Balaban J connectivity index is 2.17. The second kappa shape index (κ2) is 4.77. The highest BCUT2D eigenvalue weighted by Gasteiger charge is 2.19. The zero-order valence-corrected chi connectivity index (χ0v) is 10.9. The molecule has 0 amide bonds. The number of benzene rings is 1. The SMILES string of the molecule is CCc1nc2cnccn2c1C(=O)c1ccc(O)cc1. The topological polar surface area (TPSA) is 67.5 Å². The minimum absolute atomic E-state index is 0.111. The summed E-state index contributed by atoms with van der Waals surface area (Å²) in [7, 11) is 0. The Morgan fingerprint density at radius 1 is 1.30 bits per heavy atom. The number of aryl methyl sites for hydroxylation is 1. The number of aromatic nitrogens is 3. The van der Waals surface area contributed by atoms with Gasteiger partial charge in [0, 0.05) is 18.0 Å². The molecule has 0 radical (unpaired) electrons. The third-order valence-corrected chi connectivity index (χ3v) is 3.18. The van der Waals surface area contributed by atoms with Crippen molar-refractivity contribution in [2.75, 3.05) is 0 Å². The molecule has 0 fully saturated rings. The fraction of sp³-hybridized carbons (Fsp3) is 0.133. The first-order chi connectivity index (χ1) is 9.70. The molecule has 0 aliphatic rings. The molecule has 0 unspecified atom stereocenters. The van der Waals surface area contributed by atoms with Crippen molar-refractivity contribution in [1.29, 1.82) is 0 Å². The van der Waals surface area contributed by atoms with Gasteiger partial charge < -0.3 is 5.11 Å². The van der Waals surface area contributed by atoms with Gasteiger partial charge in [-0.15, -0.1) is 0 Å². The van der Waals surface area contributed by atoms with Gasteiger partial charge in [0.2, 0.25) is 5.78 Å². The molecule has 0 aliphatic carbocycles. The van der Waals surface area contributed by atoms with Crippen LogP contribution in [0.2, 0.25) is 0 Å². The summed E-state index contributed by atoms with van der Waals surface area (Å²) < 4.78 is 1.75. The van der Waals surface area contributed by atoms with Gasteiger partial charge in [-0.2, -0.15) is 0 Å². The fourth-order valence-electron chi connectivity index (χ4n) is 2.19. The van der Waals surface area contributed by atoms with Gasteiger partial charge in [0.1, 0.15) is 11.4 Å². The van der Waals surface area contributed by atoms with Crippen molar-refractivity contribution in [3.8, 4) is 5.75 Å². The number of imidazole rings is 1. The van der Waals surface area contributed by atoms with Gasteiger partial charge in [-0.3, -0.25) is 14.2 Å². The lowest BCUT2D eigenvalue weighted by molar-refractivity contribution is 0.103. The first-order valence-electron chi connectivity index (χ1n) is 6.35. The van der Waals surface area contributed by atoms with Gasteiger partial charge in [-0.25, -0.2) is 4.98 Å². The monoisotopic (exact) mass is 267 g/mol. The molecule has 1 aromatic carbocycles. The lowest BCUT2D eigenvalue weighted by Gasteiger charge is -2.03. The number of carbonyl (C=O) groups excluding carboxylic acids is 1. The number of phenols is 1. The summed E-state index contributed by atoms with van der Waals surface area (Å²) in [6.45, 7) is 1.96. The number of hydrogen-bond donors (Lipinski definition) is 1. The third-order valence-electron chi connectivity index (χ3n) is 3.18. The highest BCUT2D eigenvalue weighted by Crippen LogP contribution is 2.18. The van der Waals surface area contributed by atoms with E-state index in [2.05, 4.69) is 9.97 Å². The second-order valence-corrected chi connectivity index (χ2v) is 4.44. The van der Waals surface area contributed by atoms with E-state index in [1.165, 1.54) is 12.1 Å². The summed E-state index contributed by atoms with van der Waals surface area (Å²) in [5, 5.41) is 9.30. The van der Waals surface area contributed by atoms with Crippen LogP contribution < -0.4 is 0 Å². The molecule has 0 saturated carbocycles. The molecule has 5 heteroatoms. The van der Waals surface area contributed by atoms with E-state index in [1.54, 1.807) is 35.1 Å². The Bertz CT molecular complexity index is 775. The van der Waals surface area contributed by atoms with Crippen LogP contribution in [0.4, 0.5) is 0 Å². The average Bonchev–Trinajstić information content (AvgIpc) is 2.85. The number of hydrogen-bond acceptors (Lipinski definition) is 4. The van der Waals surface area contributed by atoms with Crippen LogP contribution in [0.5, 0.6) is 5.75 Å². The predicted molar refractivity (Wildman–Crippen MR) is 73.9 cm³/mol. The third kappa shape index (κ3) is 1.93. The van der Waals surface area contributed by atoms with E-state index in [-0.39, 0.29) is 11.5 Å². The molecule has 20 heavy (non-hydrogen) atoms. The summed E-state index contributed by atoms with van der Waals surface area (Å²) >= 11 is 0. The lowest BCUT2D eigenvalue weighted by Crippen LogP contribution is -2.08. The van der Waals surface area contributed by atoms with Crippen LogP contribution in [-0.4, -0.2) is 25.3 Å². The molecular formula is C15H13N3O2. The van der Waals surface area contributed by atoms with Crippen LogP contribution in [0.15, 0.2) is 42.9 Å². The number of phenolic OH excluding ortho intramolecular Hbond substituents is 1. The largest absolute Gasteiger partial charge is 0.508 e. The van der Waals surface area contributed by atoms with Crippen molar-refractivity contribution >= 4 is 11.4 Å². The lowest BCUT2D eigenvalue weighted by atomic mass is 10.1. The van der Waals surface area contributed by atoms with E-state index >= 15 is 0 Å². The quantitative estimate of drug-likeness (QED) is 0.739. The molecule has 3 rings (SSSR count). The van der Waals surface area contributed by atoms with Gasteiger partial charge in [-0.05, 0) is 30.7 Å². The standard InChI is InChI=1S/C15H13N3O2/c1-2-12-14(18-8-7-16-9-13(18)17-12)15(20)10-3-5-11(19)6-4-10/h3-9,19H,2H2,1H3. The minimum Gasteiger partial charge on any atom is -0.508 e. The van der Waals surface area contributed by atoms with E-state index in [9.17, 15) is 9.90 Å². The number of ketones is 1. The first kappa shape index (κ1) is 12.3. The van der Waals surface area contributed by atoms with Crippen molar-refractivity contribution in [1.82, 2.24) is 14.4 Å². The Kier molecular flexibility index (Phi) is 2.95. The first-order valence-corrected chi connectivity index (χ1v) is 6.35. The molecule has 0 aliphatic heterocycles. The molecule has 1 N–H and O–H groups in total. The van der Waals surface area contributed by atoms with Crippen LogP contribution in [0.3, 0.4) is 0 Å². The summed E-state index contributed by atoms with van der Waals surface area (Å²) in [4.78, 5) is 21.1. The fourth-order valence-corrected chi connectivity index (χ4v) is 2.19. The smallest absolute Gasteiger partial charge is 0.211 e. The molecule has 0 spiro atoms. The maximum atomic E-state index is 12.6. The number of carbonyl (C=O) groups is 1. The van der Waals surface area contributed by atoms with Crippen LogP contribution in [-0.2, 0) is 6.42 Å². The molecule has 3 aromatic rings. The summed E-state index contributed by atoms with van der Waals surface area (Å²) in [5.41, 5.74) is 2.48. The van der Waals surface area contributed by atoms with Gasteiger partial charge in [0.15, 0.2) is 5.65 Å². The Morgan fingerprint density at radius 3 is 2.75 bits per heavy atom. The number of fused-ring (bicyclic) bond motifs is 1. The maximum Gasteiger partial charge on any atom is 0.211 e. The molecule has 0 atom stereocenters. The van der Waals surface area contributed by atoms with Crippen LogP contribution in [0.1, 0.15) is 28.7 Å². The van der Waals surface area contributed by atoms with Gasteiger partial charge in [0.05, 0.1) is 11.9 Å². The summed E-state index contributed by atoms with van der Waals surface area (Å²) in [6, 6.07) is 6.22. The van der Waals surface area contributed by atoms with Crippen molar-refractivity contribution in [2.24, 2.45) is 0 Å². The highest BCUT2D eigenvalue weighted by molar-refractivity contribution is 6.09. The molecule has 0 bridgehead atoms. The Labute approximate surface area is 115 Å². The normalized spacial score (nSPS) is 10.8. The van der Waals surface area contributed by atoms with Crippen molar-refractivity contribution in [3.05, 3.63) is 59.8 Å². The average molecular weight is 267 g/mol. The molecule has 5 nitrogen and oxygen atoms in total. The van der Waals surface area contributed by atoms with Gasteiger partial charge in [-0.1, -0.05) is 6.92 Å². The second-order valence-electron chi connectivity index (χ2n) is 4.44. The molecule has 100 valence electrons. The van der Waals surface area contributed by atoms with Crippen molar-refractivity contribution in [2.45, 2.75) is 13.3 Å². The zero-order valence-electron chi connectivity index (χ0n) is 10.9. The van der Waals surface area contributed by atoms with Crippen LogP contribution in [0.25, 0.3) is 5.65 Å². The van der Waals surface area contributed by atoms with Gasteiger partial charge >= 0.3 is 0 Å².